The first-order valence-electron chi connectivity index (χ1n) is 11.6. The lowest BCUT2D eigenvalue weighted by atomic mass is 10.1. The number of aromatic nitrogens is 5. The Morgan fingerprint density at radius 2 is 2.00 bits per heavy atom. The SMILES string of the molecule is C1CCOC1.CNC(=O)c1cnn2c(NC)cc(-c3cn(C4CCOC4)c4ncccc34)nc12. The zero-order chi connectivity index (χ0) is 23.5. The van der Waals surface area contributed by atoms with Crippen LogP contribution in [0.25, 0.3) is 27.9 Å². The highest BCUT2D eigenvalue weighted by Crippen LogP contribution is 2.34. The van der Waals surface area contributed by atoms with Gasteiger partial charge in [-0.3, -0.25) is 4.79 Å². The Labute approximate surface area is 197 Å². The fourth-order valence-electron chi connectivity index (χ4n) is 4.39. The molecule has 0 bridgehead atoms. The Kier molecular flexibility index (Phi) is 6.41. The van der Waals surface area contributed by atoms with Gasteiger partial charge >= 0.3 is 0 Å². The third-order valence-corrected chi connectivity index (χ3v) is 6.19. The van der Waals surface area contributed by atoms with Crippen molar-refractivity contribution < 1.29 is 14.3 Å². The summed E-state index contributed by atoms with van der Waals surface area (Å²) in [6.45, 7) is 3.43. The van der Waals surface area contributed by atoms with E-state index in [0.717, 1.165) is 54.4 Å². The summed E-state index contributed by atoms with van der Waals surface area (Å²) in [6.07, 6.45) is 8.93. The van der Waals surface area contributed by atoms with Gasteiger partial charge in [0, 0.05) is 63.3 Å². The van der Waals surface area contributed by atoms with Gasteiger partial charge in [-0.2, -0.15) is 9.61 Å². The van der Waals surface area contributed by atoms with Gasteiger partial charge in [-0.1, -0.05) is 0 Å². The highest BCUT2D eigenvalue weighted by molar-refractivity contribution is 6.00. The molecule has 0 spiro atoms. The molecule has 6 rings (SSSR count). The van der Waals surface area contributed by atoms with Crippen molar-refractivity contribution in [2.24, 2.45) is 0 Å². The molecule has 1 atom stereocenters. The van der Waals surface area contributed by atoms with E-state index >= 15 is 0 Å². The molecule has 2 N–H and O–H groups in total. The predicted octanol–water partition coefficient (Wildman–Crippen LogP) is 2.91. The number of anilines is 1. The second kappa shape index (κ2) is 9.78. The molecule has 2 aliphatic rings. The fourth-order valence-corrected chi connectivity index (χ4v) is 4.39. The topological polar surface area (TPSA) is 108 Å². The molecule has 10 nitrogen and oxygen atoms in total. The average molecular weight is 464 g/mol. The summed E-state index contributed by atoms with van der Waals surface area (Å²) >= 11 is 0. The highest BCUT2D eigenvalue weighted by Gasteiger charge is 2.23. The lowest BCUT2D eigenvalue weighted by Crippen LogP contribution is -2.18. The Morgan fingerprint density at radius 3 is 2.68 bits per heavy atom. The molecule has 0 radical (unpaired) electrons. The van der Waals surface area contributed by atoms with Crippen LogP contribution in [0.3, 0.4) is 0 Å². The van der Waals surface area contributed by atoms with Crippen LogP contribution in [0.4, 0.5) is 5.82 Å². The van der Waals surface area contributed by atoms with E-state index in [4.69, 9.17) is 14.5 Å². The van der Waals surface area contributed by atoms with Crippen LogP contribution in [0.15, 0.2) is 36.8 Å². The molecule has 4 aromatic heterocycles. The van der Waals surface area contributed by atoms with E-state index in [2.05, 4.69) is 31.5 Å². The van der Waals surface area contributed by atoms with Crippen LogP contribution in [0.1, 0.15) is 35.7 Å². The van der Waals surface area contributed by atoms with E-state index in [9.17, 15) is 4.79 Å². The monoisotopic (exact) mass is 463 g/mol. The third-order valence-electron chi connectivity index (χ3n) is 6.19. The number of amides is 1. The first-order chi connectivity index (χ1) is 16.7. The number of pyridine rings is 1. The smallest absolute Gasteiger partial charge is 0.256 e. The molecule has 1 unspecified atom stereocenters. The Bertz CT molecular complexity index is 1300. The van der Waals surface area contributed by atoms with Crippen LogP contribution < -0.4 is 10.6 Å². The van der Waals surface area contributed by atoms with Gasteiger partial charge < -0.3 is 24.7 Å². The van der Waals surface area contributed by atoms with E-state index < -0.39 is 0 Å². The molecule has 4 aromatic rings. The normalized spacial score (nSPS) is 17.6. The number of hydrogen-bond acceptors (Lipinski definition) is 7. The predicted molar refractivity (Wildman–Crippen MR) is 129 cm³/mol. The molecule has 2 fully saturated rings. The van der Waals surface area contributed by atoms with Gasteiger partial charge in [0.25, 0.3) is 5.91 Å². The van der Waals surface area contributed by atoms with Crippen molar-refractivity contribution in [3.63, 3.8) is 0 Å². The van der Waals surface area contributed by atoms with Gasteiger partial charge in [-0.25, -0.2) is 9.97 Å². The van der Waals surface area contributed by atoms with Crippen LogP contribution in [0.5, 0.6) is 0 Å². The number of carbonyl (C=O) groups is 1. The van der Waals surface area contributed by atoms with Crippen molar-refractivity contribution in [2.75, 3.05) is 45.8 Å². The summed E-state index contributed by atoms with van der Waals surface area (Å²) in [5.74, 6) is 0.521. The van der Waals surface area contributed by atoms with E-state index in [1.807, 2.05) is 25.2 Å². The lowest BCUT2D eigenvalue weighted by Gasteiger charge is -2.10. The van der Waals surface area contributed by atoms with Crippen molar-refractivity contribution in [3.8, 4) is 11.3 Å². The maximum atomic E-state index is 12.3. The second-order valence-corrected chi connectivity index (χ2v) is 8.31. The van der Waals surface area contributed by atoms with E-state index in [1.54, 1.807) is 17.8 Å². The van der Waals surface area contributed by atoms with Crippen molar-refractivity contribution in [1.29, 1.82) is 0 Å². The van der Waals surface area contributed by atoms with Crippen molar-refractivity contribution in [1.82, 2.24) is 29.5 Å². The number of nitrogens with one attached hydrogen (secondary N) is 2. The number of hydrogen-bond donors (Lipinski definition) is 2. The first-order valence-corrected chi connectivity index (χ1v) is 11.6. The summed E-state index contributed by atoms with van der Waals surface area (Å²) in [5.41, 5.74) is 3.55. The highest BCUT2D eigenvalue weighted by atomic mass is 16.5. The Balaban J connectivity index is 0.000000429. The summed E-state index contributed by atoms with van der Waals surface area (Å²) in [7, 11) is 3.41. The number of nitrogens with zero attached hydrogens (tertiary/aromatic N) is 5. The van der Waals surface area contributed by atoms with Crippen molar-refractivity contribution in [3.05, 3.63) is 42.4 Å². The minimum atomic E-state index is -0.223. The lowest BCUT2D eigenvalue weighted by molar-refractivity contribution is 0.0964. The van der Waals surface area contributed by atoms with Gasteiger partial charge in [0.2, 0.25) is 0 Å². The second-order valence-electron chi connectivity index (χ2n) is 8.31. The van der Waals surface area contributed by atoms with E-state index in [-0.39, 0.29) is 11.9 Å². The quantitative estimate of drug-likeness (QED) is 0.479. The number of carbonyl (C=O) groups excluding carboxylic acids is 1. The molecule has 2 aliphatic heterocycles. The minimum Gasteiger partial charge on any atom is -0.381 e. The standard InChI is InChI=1S/C20H21N7O2.C4H8O/c1-21-17-8-16(25-19-14(20(28)22-2)9-24-27(17)19)15-10-26(12-5-7-29-11-12)18-13(15)4-3-6-23-18;1-2-4-5-3-1/h3-4,6,8-10,12,21H,5,7,11H2,1-2H3,(H,22,28);1-4H2. The zero-order valence-corrected chi connectivity index (χ0v) is 19.5. The minimum absolute atomic E-state index is 0.223. The number of ether oxygens (including phenoxy) is 2. The number of fused-ring (bicyclic) bond motifs is 2. The van der Waals surface area contributed by atoms with Crippen LogP contribution >= 0.6 is 0 Å². The molecule has 0 saturated carbocycles. The van der Waals surface area contributed by atoms with E-state index in [0.29, 0.717) is 17.8 Å². The van der Waals surface area contributed by atoms with Gasteiger partial charge in [0.15, 0.2) is 5.65 Å². The van der Waals surface area contributed by atoms with Crippen LogP contribution in [-0.2, 0) is 9.47 Å². The molecule has 0 aromatic carbocycles. The first kappa shape index (κ1) is 22.3. The molecule has 2 saturated heterocycles. The molecule has 10 heteroatoms. The van der Waals surface area contributed by atoms with Crippen molar-refractivity contribution in [2.45, 2.75) is 25.3 Å². The largest absolute Gasteiger partial charge is 0.381 e. The molecule has 34 heavy (non-hydrogen) atoms. The molecule has 0 aliphatic carbocycles. The molecule has 1 amide bonds. The van der Waals surface area contributed by atoms with Crippen LogP contribution in [0, 0.1) is 0 Å². The average Bonchev–Trinajstić information content (AvgIpc) is 3.69. The van der Waals surface area contributed by atoms with Gasteiger partial charge in [0.05, 0.1) is 24.5 Å². The zero-order valence-electron chi connectivity index (χ0n) is 19.5. The van der Waals surface area contributed by atoms with E-state index in [1.165, 1.54) is 19.0 Å². The molecule has 178 valence electrons. The van der Waals surface area contributed by atoms with Crippen LogP contribution in [0.2, 0.25) is 0 Å². The van der Waals surface area contributed by atoms with Crippen LogP contribution in [-0.4, -0.2) is 70.6 Å². The summed E-state index contributed by atoms with van der Waals surface area (Å²) in [4.78, 5) is 21.7. The summed E-state index contributed by atoms with van der Waals surface area (Å²) in [6, 6.07) is 6.16. The molecular formula is C24H29N7O3. The summed E-state index contributed by atoms with van der Waals surface area (Å²) in [5, 5.41) is 11.1. The Hall–Kier alpha value is -3.50. The van der Waals surface area contributed by atoms with Gasteiger partial charge in [-0.15, -0.1) is 0 Å². The maximum Gasteiger partial charge on any atom is 0.256 e. The fraction of sp³-hybridized carbons (Fsp3) is 0.417. The third kappa shape index (κ3) is 4.10. The molecular weight excluding hydrogens is 434 g/mol. The van der Waals surface area contributed by atoms with Crippen molar-refractivity contribution >= 4 is 28.4 Å². The number of rotatable bonds is 4. The maximum absolute atomic E-state index is 12.3. The van der Waals surface area contributed by atoms with Gasteiger partial charge in [0.1, 0.15) is 17.0 Å². The summed E-state index contributed by atoms with van der Waals surface area (Å²) < 4.78 is 14.3. The Morgan fingerprint density at radius 1 is 1.15 bits per heavy atom. The van der Waals surface area contributed by atoms with Gasteiger partial charge in [-0.05, 0) is 31.4 Å². The molecule has 6 heterocycles.